The van der Waals surface area contributed by atoms with Gasteiger partial charge in [0.2, 0.25) is 5.91 Å². The van der Waals surface area contributed by atoms with Crippen LogP contribution < -0.4 is 10.1 Å². The molecule has 2 aromatic heterocycles. The van der Waals surface area contributed by atoms with Crippen LogP contribution in [0.1, 0.15) is 12.7 Å². The van der Waals surface area contributed by atoms with Gasteiger partial charge in [0.1, 0.15) is 22.2 Å². The van der Waals surface area contributed by atoms with Crippen molar-refractivity contribution in [3.05, 3.63) is 47.5 Å². The maximum absolute atomic E-state index is 10.9. The van der Waals surface area contributed by atoms with E-state index in [0.717, 1.165) is 22.0 Å². The Bertz CT molecular complexity index is 805. The Balaban J connectivity index is 1.77. The number of rotatable bonds is 5. The number of furan rings is 1. The Morgan fingerprint density at radius 2 is 2.04 bits per heavy atom. The Morgan fingerprint density at radius 1 is 1.26 bits per heavy atom. The average molecular weight is 328 g/mol. The summed E-state index contributed by atoms with van der Waals surface area (Å²) in [5, 5.41) is 5.58. The largest absolute Gasteiger partial charge is 0.497 e. The van der Waals surface area contributed by atoms with E-state index in [4.69, 9.17) is 9.15 Å². The molecule has 23 heavy (non-hydrogen) atoms. The van der Waals surface area contributed by atoms with Gasteiger partial charge in [0.15, 0.2) is 5.76 Å². The molecule has 2 heterocycles. The minimum atomic E-state index is -0.0848. The van der Waals surface area contributed by atoms with Crippen LogP contribution in [-0.4, -0.2) is 18.0 Å². The van der Waals surface area contributed by atoms with Gasteiger partial charge in [-0.05, 0) is 36.4 Å². The third-order valence-corrected chi connectivity index (χ3v) is 4.16. The molecule has 6 heteroatoms. The Hall–Kier alpha value is -2.60. The number of hydrogen-bond donors (Lipinski definition) is 1. The molecule has 0 aliphatic heterocycles. The Labute approximate surface area is 137 Å². The predicted octanol–water partition coefficient (Wildman–Crippen LogP) is 3.71. The molecule has 118 valence electrons. The zero-order valence-corrected chi connectivity index (χ0v) is 13.6. The predicted molar refractivity (Wildman–Crippen MR) is 89.3 cm³/mol. The number of thiazole rings is 1. The second kappa shape index (κ2) is 6.66. The van der Waals surface area contributed by atoms with Crippen molar-refractivity contribution in [3.63, 3.8) is 0 Å². The van der Waals surface area contributed by atoms with Crippen molar-refractivity contribution in [2.24, 2.45) is 0 Å². The lowest BCUT2D eigenvalue weighted by atomic mass is 10.2. The second-order valence-electron chi connectivity index (χ2n) is 4.94. The summed E-state index contributed by atoms with van der Waals surface area (Å²) in [4.78, 5) is 15.5. The van der Waals surface area contributed by atoms with Gasteiger partial charge >= 0.3 is 0 Å². The zero-order chi connectivity index (χ0) is 16.2. The van der Waals surface area contributed by atoms with Crippen molar-refractivity contribution in [2.75, 3.05) is 7.11 Å². The van der Waals surface area contributed by atoms with Crippen LogP contribution in [0.2, 0.25) is 0 Å². The SMILES string of the molecule is COc1ccc(-c2nc(-c3ccc(CNC(C)=O)o3)cs2)cc1. The Morgan fingerprint density at radius 3 is 2.74 bits per heavy atom. The maximum Gasteiger partial charge on any atom is 0.217 e. The van der Waals surface area contributed by atoms with Gasteiger partial charge in [0.25, 0.3) is 0 Å². The lowest BCUT2D eigenvalue weighted by Crippen LogP contribution is -2.18. The smallest absolute Gasteiger partial charge is 0.217 e. The number of carbonyl (C=O) groups is 1. The molecule has 0 spiro atoms. The first-order chi connectivity index (χ1) is 11.2. The maximum atomic E-state index is 10.9. The summed E-state index contributed by atoms with van der Waals surface area (Å²) in [6.45, 7) is 1.86. The Kier molecular flexibility index (Phi) is 4.43. The fourth-order valence-electron chi connectivity index (χ4n) is 2.08. The van der Waals surface area contributed by atoms with E-state index in [1.165, 1.54) is 6.92 Å². The van der Waals surface area contributed by atoms with Gasteiger partial charge in [-0.2, -0.15) is 0 Å². The highest BCUT2D eigenvalue weighted by Crippen LogP contribution is 2.30. The van der Waals surface area contributed by atoms with E-state index in [2.05, 4.69) is 10.3 Å². The summed E-state index contributed by atoms with van der Waals surface area (Å²) in [5.74, 6) is 2.13. The van der Waals surface area contributed by atoms with Crippen LogP contribution in [0.4, 0.5) is 0 Å². The molecule has 0 atom stereocenters. The van der Waals surface area contributed by atoms with Crippen LogP contribution in [0.5, 0.6) is 5.75 Å². The summed E-state index contributed by atoms with van der Waals surface area (Å²) in [7, 11) is 1.64. The number of ether oxygens (including phenoxy) is 1. The minimum absolute atomic E-state index is 0.0848. The average Bonchev–Trinajstić information content (AvgIpc) is 3.22. The van der Waals surface area contributed by atoms with E-state index in [1.807, 2.05) is 41.8 Å². The number of aromatic nitrogens is 1. The lowest BCUT2D eigenvalue weighted by molar-refractivity contribution is -0.119. The molecular formula is C17H16N2O3S. The molecule has 3 rings (SSSR count). The van der Waals surface area contributed by atoms with E-state index >= 15 is 0 Å². The van der Waals surface area contributed by atoms with Gasteiger partial charge in [0.05, 0.1) is 13.7 Å². The summed E-state index contributed by atoms with van der Waals surface area (Å²) in [6.07, 6.45) is 0. The van der Waals surface area contributed by atoms with Crippen LogP contribution in [0, 0.1) is 0 Å². The van der Waals surface area contributed by atoms with Crippen LogP contribution >= 0.6 is 11.3 Å². The van der Waals surface area contributed by atoms with E-state index in [0.29, 0.717) is 18.1 Å². The van der Waals surface area contributed by atoms with Crippen molar-refractivity contribution in [1.29, 1.82) is 0 Å². The molecule has 0 saturated carbocycles. The number of carbonyl (C=O) groups excluding carboxylic acids is 1. The van der Waals surface area contributed by atoms with Gasteiger partial charge in [-0.1, -0.05) is 0 Å². The number of nitrogens with one attached hydrogen (secondary N) is 1. The fraction of sp³-hybridized carbons (Fsp3) is 0.176. The van der Waals surface area contributed by atoms with Crippen LogP contribution in [0.25, 0.3) is 22.0 Å². The number of methoxy groups -OCH3 is 1. The summed E-state index contributed by atoms with van der Waals surface area (Å²) in [6, 6.07) is 11.5. The minimum Gasteiger partial charge on any atom is -0.497 e. The first kappa shape index (κ1) is 15.3. The molecule has 0 aliphatic rings. The summed E-state index contributed by atoms with van der Waals surface area (Å²) < 4.78 is 10.9. The molecule has 0 radical (unpaired) electrons. The quantitative estimate of drug-likeness (QED) is 0.775. The third-order valence-electron chi connectivity index (χ3n) is 3.27. The number of hydrogen-bond acceptors (Lipinski definition) is 5. The molecule has 1 N–H and O–H groups in total. The lowest BCUT2D eigenvalue weighted by Gasteiger charge is -2.00. The number of nitrogens with zero attached hydrogens (tertiary/aromatic N) is 1. The fourth-order valence-corrected chi connectivity index (χ4v) is 2.89. The molecule has 1 aromatic carbocycles. The number of benzene rings is 1. The van der Waals surface area contributed by atoms with E-state index in [9.17, 15) is 4.79 Å². The molecule has 0 fully saturated rings. The monoisotopic (exact) mass is 328 g/mol. The second-order valence-corrected chi connectivity index (χ2v) is 5.80. The molecule has 5 nitrogen and oxygen atoms in total. The first-order valence-corrected chi connectivity index (χ1v) is 7.97. The van der Waals surface area contributed by atoms with Crippen molar-refractivity contribution >= 4 is 17.2 Å². The van der Waals surface area contributed by atoms with Gasteiger partial charge in [-0.15, -0.1) is 11.3 Å². The normalized spacial score (nSPS) is 10.5. The van der Waals surface area contributed by atoms with Crippen molar-refractivity contribution in [3.8, 4) is 27.8 Å². The van der Waals surface area contributed by atoms with Crippen LogP contribution in [0.3, 0.4) is 0 Å². The highest BCUT2D eigenvalue weighted by Gasteiger charge is 2.11. The van der Waals surface area contributed by atoms with Gasteiger partial charge in [0, 0.05) is 17.9 Å². The van der Waals surface area contributed by atoms with Crippen molar-refractivity contribution < 1.29 is 13.9 Å². The highest BCUT2D eigenvalue weighted by atomic mass is 32.1. The molecule has 0 saturated heterocycles. The topological polar surface area (TPSA) is 64.4 Å². The molecule has 3 aromatic rings. The van der Waals surface area contributed by atoms with Crippen LogP contribution in [-0.2, 0) is 11.3 Å². The molecule has 0 aliphatic carbocycles. The van der Waals surface area contributed by atoms with E-state index in [-0.39, 0.29) is 5.91 Å². The van der Waals surface area contributed by atoms with Gasteiger partial charge in [-0.25, -0.2) is 4.98 Å². The van der Waals surface area contributed by atoms with E-state index in [1.54, 1.807) is 18.4 Å². The summed E-state index contributed by atoms with van der Waals surface area (Å²) >= 11 is 1.56. The molecule has 0 bridgehead atoms. The first-order valence-electron chi connectivity index (χ1n) is 7.09. The number of amides is 1. The van der Waals surface area contributed by atoms with Gasteiger partial charge in [-0.3, -0.25) is 4.79 Å². The molecular weight excluding hydrogens is 312 g/mol. The van der Waals surface area contributed by atoms with Crippen molar-refractivity contribution in [1.82, 2.24) is 10.3 Å². The van der Waals surface area contributed by atoms with Crippen molar-refractivity contribution in [2.45, 2.75) is 13.5 Å². The molecule has 0 unspecified atom stereocenters. The highest BCUT2D eigenvalue weighted by molar-refractivity contribution is 7.13. The molecule has 1 amide bonds. The zero-order valence-electron chi connectivity index (χ0n) is 12.8. The summed E-state index contributed by atoms with van der Waals surface area (Å²) in [5.41, 5.74) is 1.82. The van der Waals surface area contributed by atoms with Gasteiger partial charge < -0.3 is 14.5 Å². The van der Waals surface area contributed by atoms with Crippen LogP contribution in [0.15, 0.2) is 46.2 Å². The standard InChI is InChI=1S/C17H16N2O3S/c1-11(20)18-9-14-7-8-16(22-14)15-10-23-17(19-15)12-3-5-13(21-2)6-4-12/h3-8,10H,9H2,1-2H3,(H,18,20). The van der Waals surface area contributed by atoms with E-state index < -0.39 is 0 Å². The third kappa shape index (κ3) is 3.60.